The number of hydrogen-bond donors (Lipinski definition) is 1. The summed E-state index contributed by atoms with van der Waals surface area (Å²) in [5.74, 6) is 0. The quantitative estimate of drug-likeness (QED) is 0.392. The minimum absolute atomic E-state index is 0.788. The third-order valence-corrected chi connectivity index (χ3v) is 3.55. The van der Waals surface area contributed by atoms with Crippen molar-refractivity contribution in [3.63, 3.8) is 0 Å². The van der Waals surface area contributed by atoms with Crippen LogP contribution in [-0.2, 0) is 0 Å². The van der Waals surface area contributed by atoms with E-state index >= 15 is 0 Å². The number of rotatable bonds is 2. The Morgan fingerprint density at radius 3 is 2.40 bits per heavy atom. The summed E-state index contributed by atoms with van der Waals surface area (Å²) in [6.07, 6.45) is 6.97. The third-order valence-electron chi connectivity index (χ3n) is 2.22. The summed E-state index contributed by atoms with van der Waals surface area (Å²) in [5, 5.41) is 0. The van der Waals surface area contributed by atoms with E-state index in [2.05, 4.69) is 23.0 Å². The average molecular weight is 177 g/mol. The van der Waals surface area contributed by atoms with Crippen LogP contribution in [0.4, 0.5) is 0 Å². The van der Waals surface area contributed by atoms with Crippen LogP contribution in [0.2, 0.25) is 0 Å². The lowest BCUT2D eigenvalue weighted by molar-refractivity contribution is 0.307. The van der Waals surface area contributed by atoms with Gasteiger partial charge in [-0.2, -0.15) is 0 Å². The summed E-state index contributed by atoms with van der Waals surface area (Å²) in [7, 11) is 3.69. The van der Waals surface area contributed by atoms with Crippen molar-refractivity contribution in [1.82, 2.24) is 4.31 Å². The first-order valence-electron chi connectivity index (χ1n) is 3.89. The van der Waals surface area contributed by atoms with E-state index in [0.29, 0.717) is 0 Å². The third kappa shape index (κ3) is 2.36. The maximum absolute atomic E-state index is 4.17. The fraction of sp³-hybridized carbons (Fsp3) is 1.00. The lowest BCUT2D eigenvalue weighted by Crippen LogP contribution is -2.26. The van der Waals surface area contributed by atoms with Crippen LogP contribution < -0.4 is 0 Å². The Kier molecular flexibility index (Phi) is 3.96. The SMILES string of the molecule is CN(SS)C1CCCCC1. The zero-order valence-electron chi connectivity index (χ0n) is 6.42. The van der Waals surface area contributed by atoms with Crippen LogP contribution in [-0.4, -0.2) is 17.4 Å². The molecule has 0 unspecified atom stereocenters. The maximum atomic E-state index is 4.17. The predicted molar refractivity (Wildman–Crippen MR) is 51.2 cm³/mol. The van der Waals surface area contributed by atoms with Crippen molar-refractivity contribution in [2.45, 2.75) is 38.1 Å². The number of hydrogen-bond acceptors (Lipinski definition) is 3. The number of thiol groups is 1. The van der Waals surface area contributed by atoms with Gasteiger partial charge in [0.15, 0.2) is 0 Å². The van der Waals surface area contributed by atoms with Gasteiger partial charge < -0.3 is 0 Å². The van der Waals surface area contributed by atoms with Crippen LogP contribution in [0.3, 0.4) is 0 Å². The van der Waals surface area contributed by atoms with Crippen LogP contribution in [0, 0.1) is 0 Å². The summed E-state index contributed by atoms with van der Waals surface area (Å²) in [4.78, 5) is 0. The maximum Gasteiger partial charge on any atom is 0.0207 e. The summed E-state index contributed by atoms with van der Waals surface area (Å²) >= 11 is 4.17. The molecule has 1 aliphatic carbocycles. The van der Waals surface area contributed by atoms with Gasteiger partial charge in [0.25, 0.3) is 0 Å². The van der Waals surface area contributed by atoms with E-state index in [4.69, 9.17) is 0 Å². The molecule has 10 heavy (non-hydrogen) atoms. The van der Waals surface area contributed by atoms with Crippen LogP contribution >= 0.6 is 22.6 Å². The summed E-state index contributed by atoms with van der Waals surface area (Å²) in [6.45, 7) is 0. The molecule has 0 aliphatic heterocycles. The molecule has 1 aliphatic rings. The average Bonchev–Trinajstić information content (AvgIpc) is 2.05. The van der Waals surface area contributed by atoms with Crippen LogP contribution in [0.5, 0.6) is 0 Å². The summed E-state index contributed by atoms with van der Waals surface area (Å²) < 4.78 is 2.27. The Balaban J connectivity index is 2.24. The molecule has 1 rings (SSSR count). The van der Waals surface area contributed by atoms with Crippen LogP contribution in [0.15, 0.2) is 0 Å². The molecular formula is C7H15NS2. The van der Waals surface area contributed by atoms with Gasteiger partial charge in [0.2, 0.25) is 0 Å². The Labute approximate surface area is 72.5 Å². The van der Waals surface area contributed by atoms with Gasteiger partial charge >= 0.3 is 0 Å². The summed E-state index contributed by atoms with van der Waals surface area (Å²) in [6, 6.07) is 0.788. The Morgan fingerprint density at radius 2 is 1.90 bits per heavy atom. The fourth-order valence-electron chi connectivity index (χ4n) is 1.51. The van der Waals surface area contributed by atoms with Crippen molar-refractivity contribution in [3.8, 4) is 0 Å². The molecule has 0 heterocycles. The molecule has 1 fully saturated rings. The molecule has 1 saturated carbocycles. The van der Waals surface area contributed by atoms with Gasteiger partial charge in [-0.1, -0.05) is 30.9 Å². The van der Waals surface area contributed by atoms with E-state index in [1.54, 1.807) is 11.0 Å². The van der Waals surface area contributed by atoms with Crippen molar-refractivity contribution >= 4 is 22.6 Å². The van der Waals surface area contributed by atoms with Crippen LogP contribution in [0.1, 0.15) is 32.1 Å². The van der Waals surface area contributed by atoms with E-state index in [1.807, 2.05) is 0 Å². The highest BCUT2D eigenvalue weighted by atomic mass is 33.1. The second kappa shape index (κ2) is 4.52. The van der Waals surface area contributed by atoms with E-state index in [-0.39, 0.29) is 0 Å². The van der Waals surface area contributed by atoms with Gasteiger partial charge in [0.05, 0.1) is 0 Å². The fourth-order valence-corrected chi connectivity index (χ4v) is 2.26. The molecule has 60 valence electrons. The van der Waals surface area contributed by atoms with Crippen molar-refractivity contribution in [2.24, 2.45) is 0 Å². The standard InChI is InChI=1S/C7H15NS2/c1-8(10-9)7-5-3-2-4-6-7/h7,9H,2-6H2,1H3. The van der Waals surface area contributed by atoms with Crippen molar-refractivity contribution in [2.75, 3.05) is 7.05 Å². The second-order valence-electron chi connectivity index (χ2n) is 2.92. The molecule has 0 atom stereocenters. The van der Waals surface area contributed by atoms with Crippen molar-refractivity contribution in [3.05, 3.63) is 0 Å². The van der Waals surface area contributed by atoms with Gasteiger partial charge in [0, 0.05) is 6.04 Å². The van der Waals surface area contributed by atoms with Crippen molar-refractivity contribution < 1.29 is 0 Å². The van der Waals surface area contributed by atoms with Gasteiger partial charge in [0.1, 0.15) is 0 Å². The van der Waals surface area contributed by atoms with E-state index in [0.717, 1.165) is 6.04 Å². The first-order valence-corrected chi connectivity index (χ1v) is 5.71. The van der Waals surface area contributed by atoms with Gasteiger partial charge in [-0.05, 0) is 30.9 Å². The topological polar surface area (TPSA) is 3.24 Å². The van der Waals surface area contributed by atoms with E-state index in [9.17, 15) is 0 Å². The molecule has 0 radical (unpaired) electrons. The van der Waals surface area contributed by atoms with Crippen LogP contribution in [0.25, 0.3) is 0 Å². The highest BCUT2D eigenvalue weighted by Crippen LogP contribution is 2.26. The first-order chi connectivity index (χ1) is 4.84. The monoisotopic (exact) mass is 177 g/mol. The molecule has 0 amide bonds. The Hall–Kier alpha value is 0.660. The van der Waals surface area contributed by atoms with E-state index < -0.39 is 0 Å². The normalized spacial score (nSPS) is 21.9. The molecule has 3 heteroatoms. The Morgan fingerprint density at radius 1 is 1.30 bits per heavy atom. The highest BCUT2D eigenvalue weighted by molar-refractivity contribution is 8.67. The lowest BCUT2D eigenvalue weighted by atomic mass is 9.96. The molecule has 0 aromatic carbocycles. The molecule has 0 bridgehead atoms. The lowest BCUT2D eigenvalue weighted by Gasteiger charge is -2.28. The van der Waals surface area contributed by atoms with Gasteiger partial charge in [-0.3, -0.25) is 0 Å². The molecule has 0 aromatic heterocycles. The minimum atomic E-state index is 0.788. The minimum Gasteiger partial charge on any atom is -0.241 e. The Bertz CT molecular complexity index is 91.6. The molecule has 0 saturated heterocycles. The molecule has 0 spiro atoms. The molecule has 0 N–H and O–H groups in total. The predicted octanol–water partition coefficient (Wildman–Crippen LogP) is 2.74. The van der Waals surface area contributed by atoms with Gasteiger partial charge in [-0.15, -0.1) is 0 Å². The zero-order chi connectivity index (χ0) is 7.40. The smallest absolute Gasteiger partial charge is 0.0207 e. The zero-order valence-corrected chi connectivity index (χ0v) is 8.13. The first kappa shape index (κ1) is 8.75. The summed E-state index contributed by atoms with van der Waals surface area (Å²) in [5.41, 5.74) is 0. The van der Waals surface area contributed by atoms with Crippen molar-refractivity contribution in [1.29, 1.82) is 0 Å². The molecular weight excluding hydrogens is 162 g/mol. The highest BCUT2D eigenvalue weighted by Gasteiger charge is 2.16. The number of nitrogens with zero attached hydrogens (tertiary/aromatic N) is 1. The molecule has 0 aromatic rings. The van der Waals surface area contributed by atoms with E-state index in [1.165, 1.54) is 32.1 Å². The molecule has 1 nitrogen and oxygen atoms in total. The van der Waals surface area contributed by atoms with Gasteiger partial charge in [-0.25, -0.2) is 4.31 Å². The second-order valence-corrected chi connectivity index (χ2v) is 4.15. The largest absolute Gasteiger partial charge is 0.241 e.